The summed E-state index contributed by atoms with van der Waals surface area (Å²) < 4.78 is 0. The Balaban J connectivity index is 1.98. The number of nitrogens with one attached hydrogen (secondary N) is 1. The largest absolute Gasteiger partial charge is 0.354 e. The van der Waals surface area contributed by atoms with Crippen molar-refractivity contribution in [2.75, 3.05) is 6.54 Å². The van der Waals surface area contributed by atoms with Crippen LogP contribution in [0.5, 0.6) is 0 Å². The second-order valence-corrected chi connectivity index (χ2v) is 6.19. The molecule has 1 atom stereocenters. The van der Waals surface area contributed by atoms with E-state index < -0.39 is 0 Å². The minimum absolute atomic E-state index is 0.0351. The van der Waals surface area contributed by atoms with Gasteiger partial charge in [-0.2, -0.15) is 0 Å². The Bertz CT molecular complexity index is 454. The highest BCUT2D eigenvalue weighted by Gasteiger charge is 2.39. The fraction of sp³-hybridized carbons (Fsp3) is 0.562. The normalized spacial score (nSPS) is 18.1. The van der Waals surface area contributed by atoms with Gasteiger partial charge in [0, 0.05) is 17.0 Å². The van der Waals surface area contributed by atoms with Crippen LogP contribution < -0.4 is 11.1 Å². The molecule has 1 aromatic rings. The Morgan fingerprint density at radius 3 is 2.55 bits per heavy atom. The topological polar surface area (TPSA) is 55.1 Å². The number of benzene rings is 1. The third-order valence-electron chi connectivity index (χ3n) is 4.30. The van der Waals surface area contributed by atoms with Crippen molar-refractivity contribution in [2.24, 2.45) is 5.73 Å². The van der Waals surface area contributed by atoms with Gasteiger partial charge in [0.05, 0.1) is 6.04 Å². The van der Waals surface area contributed by atoms with Gasteiger partial charge in [-0.3, -0.25) is 4.79 Å². The first-order valence-corrected chi connectivity index (χ1v) is 7.74. The quantitative estimate of drug-likeness (QED) is 0.847. The van der Waals surface area contributed by atoms with Crippen molar-refractivity contribution in [3.05, 3.63) is 34.9 Å². The summed E-state index contributed by atoms with van der Waals surface area (Å²) in [6.07, 6.45) is 5.09. The van der Waals surface area contributed by atoms with Gasteiger partial charge in [-0.1, -0.05) is 43.5 Å². The van der Waals surface area contributed by atoms with E-state index in [1.165, 1.54) is 12.0 Å². The van der Waals surface area contributed by atoms with Crippen LogP contribution in [0.3, 0.4) is 0 Å². The molecule has 1 aromatic carbocycles. The van der Waals surface area contributed by atoms with Crippen molar-refractivity contribution in [1.82, 2.24) is 5.32 Å². The van der Waals surface area contributed by atoms with Crippen LogP contribution in [0.1, 0.15) is 44.6 Å². The first-order chi connectivity index (χ1) is 9.57. The summed E-state index contributed by atoms with van der Waals surface area (Å²) in [5.41, 5.74) is 7.18. The lowest BCUT2D eigenvalue weighted by molar-refractivity contribution is -0.123. The minimum Gasteiger partial charge on any atom is -0.354 e. The third-order valence-corrected chi connectivity index (χ3v) is 4.56. The molecule has 110 valence electrons. The van der Waals surface area contributed by atoms with Crippen LogP contribution in [0.15, 0.2) is 24.3 Å². The number of carbonyl (C=O) groups is 1. The molecule has 0 radical (unpaired) electrons. The number of hydrogen-bond donors (Lipinski definition) is 2. The average molecular weight is 295 g/mol. The molecule has 1 aliphatic rings. The van der Waals surface area contributed by atoms with E-state index in [9.17, 15) is 4.79 Å². The Labute approximate surface area is 125 Å². The number of rotatable bonds is 6. The van der Waals surface area contributed by atoms with E-state index in [1.54, 1.807) is 0 Å². The number of amides is 1. The summed E-state index contributed by atoms with van der Waals surface area (Å²) in [6, 6.07) is 7.59. The molecule has 4 heteroatoms. The average Bonchev–Trinajstić information content (AvgIpc) is 2.39. The summed E-state index contributed by atoms with van der Waals surface area (Å²) in [4.78, 5) is 11.9. The van der Waals surface area contributed by atoms with Gasteiger partial charge in [-0.15, -0.1) is 0 Å². The highest BCUT2D eigenvalue weighted by Crippen LogP contribution is 2.43. The minimum atomic E-state index is -0.387. The highest BCUT2D eigenvalue weighted by molar-refractivity contribution is 6.30. The lowest BCUT2D eigenvalue weighted by atomic mass is 9.64. The summed E-state index contributed by atoms with van der Waals surface area (Å²) in [6.45, 7) is 2.71. The molecular formula is C16H23ClN2O. The van der Waals surface area contributed by atoms with Crippen molar-refractivity contribution in [2.45, 2.75) is 50.5 Å². The number of nitrogens with two attached hydrogens (primary N) is 1. The van der Waals surface area contributed by atoms with Gasteiger partial charge in [0.2, 0.25) is 5.91 Å². The molecule has 1 saturated carbocycles. The summed E-state index contributed by atoms with van der Waals surface area (Å²) in [5.74, 6) is -0.0351. The van der Waals surface area contributed by atoms with E-state index in [0.717, 1.165) is 30.7 Å². The summed E-state index contributed by atoms with van der Waals surface area (Å²) >= 11 is 5.94. The molecule has 0 aromatic heterocycles. The smallest absolute Gasteiger partial charge is 0.236 e. The number of halogens is 1. The standard InChI is InChI=1S/C16H23ClN2O/c1-2-4-14(18)15(20)19-11-16(9-3-10-16)12-5-7-13(17)8-6-12/h5-8,14H,2-4,9-11,18H2,1H3,(H,19,20). The maximum Gasteiger partial charge on any atom is 0.236 e. The van der Waals surface area contributed by atoms with Crippen molar-refractivity contribution >= 4 is 17.5 Å². The van der Waals surface area contributed by atoms with Gasteiger partial charge in [0.15, 0.2) is 0 Å². The lowest BCUT2D eigenvalue weighted by Gasteiger charge is -2.42. The molecule has 2 rings (SSSR count). The summed E-state index contributed by atoms with van der Waals surface area (Å²) in [7, 11) is 0. The van der Waals surface area contributed by atoms with Crippen molar-refractivity contribution in [1.29, 1.82) is 0 Å². The molecule has 1 amide bonds. The number of carbonyl (C=O) groups excluding carboxylic acids is 1. The second-order valence-electron chi connectivity index (χ2n) is 5.75. The van der Waals surface area contributed by atoms with Gasteiger partial charge in [-0.05, 0) is 37.0 Å². The molecule has 1 fully saturated rings. The van der Waals surface area contributed by atoms with E-state index in [1.807, 2.05) is 19.1 Å². The maximum atomic E-state index is 11.9. The van der Waals surface area contributed by atoms with Crippen LogP contribution in [-0.4, -0.2) is 18.5 Å². The molecule has 0 saturated heterocycles. The molecule has 3 nitrogen and oxygen atoms in total. The van der Waals surface area contributed by atoms with Crippen LogP contribution in [0.25, 0.3) is 0 Å². The highest BCUT2D eigenvalue weighted by atomic mass is 35.5. The van der Waals surface area contributed by atoms with Crippen LogP contribution in [0.4, 0.5) is 0 Å². The van der Waals surface area contributed by atoms with E-state index >= 15 is 0 Å². The second kappa shape index (κ2) is 6.59. The van der Waals surface area contributed by atoms with Gasteiger partial charge < -0.3 is 11.1 Å². The Morgan fingerprint density at radius 1 is 1.40 bits per heavy atom. The molecule has 0 bridgehead atoms. The van der Waals surface area contributed by atoms with Crippen LogP contribution >= 0.6 is 11.6 Å². The van der Waals surface area contributed by atoms with E-state index in [2.05, 4.69) is 17.4 Å². The molecule has 0 aliphatic heterocycles. The predicted octanol–water partition coefficient (Wildman–Crippen LogP) is 3.01. The van der Waals surface area contributed by atoms with Crippen LogP contribution in [0.2, 0.25) is 5.02 Å². The first kappa shape index (κ1) is 15.3. The van der Waals surface area contributed by atoms with Crippen molar-refractivity contribution in [3.63, 3.8) is 0 Å². The van der Waals surface area contributed by atoms with E-state index in [4.69, 9.17) is 17.3 Å². The summed E-state index contributed by atoms with van der Waals surface area (Å²) in [5, 5.41) is 3.77. The van der Waals surface area contributed by atoms with Crippen molar-refractivity contribution < 1.29 is 4.79 Å². The molecule has 0 heterocycles. The Morgan fingerprint density at radius 2 is 2.05 bits per heavy atom. The molecule has 3 N–H and O–H groups in total. The lowest BCUT2D eigenvalue weighted by Crippen LogP contribution is -2.49. The van der Waals surface area contributed by atoms with E-state index in [0.29, 0.717) is 6.54 Å². The Kier molecular flexibility index (Phi) is 5.06. The van der Waals surface area contributed by atoms with Gasteiger partial charge in [0.25, 0.3) is 0 Å². The van der Waals surface area contributed by atoms with Gasteiger partial charge >= 0.3 is 0 Å². The van der Waals surface area contributed by atoms with Gasteiger partial charge in [0.1, 0.15) is 0 Å². The van der Waals surface area contributed by atoms with E-state index in [-0.39, 0.29) is 17.4 Å². The molecule has 20 heavy (non-hydrogen) atoms. The van der Waals surface area contributed by atoms with Gasteiger partial charge in [-0.25, -0.2) is 0 Å². The first-order valence-electron chi connectivity index (χ1n) is 7.37. The molecule has 1 unspecified atom stereocenters. The SMILES string of the molecule is CCCC(N)C(=O)NCC1(c2ccc(Cl)cc2)CCC1. The monoisotopic (exact) mass is 294 g/mol. The van der Waals surface area contributed by atoms with Crippen LogP contribution in [-0.2, 0) is 10.2 Å². The fourth-order valence-electron chi connectivity index (χ4n) is 2.80. The zero-order valence-electron chi connectivity index (χ0n) is 12.0. The predicted molar refractivity (Wildman–Crippen MR) is 82.9 cm³/mol. The maximum absolute atomic E-state index is 11.9. The zero-order chi connectivity index (χ0) is 14.6. The molecule has 1 aliphatic carbocycles. The zero-order valence-corrected chi connectivity index (χ0v) is 12.7. The van der Waals surface area contributed by atoms with Crippen LogP contribution in [0, 0.1) is 0 Å². The van der Waals surface area contributed by atoms with Crippen molar-refractivity contribution in [3.8, 4) is 0 Å². The third kappa shape index (κ3) is 3.33. The molecule has 0 spiro atoms. The number of hydrogen-bond acceptors (Lipinski definition) is 2. The molecular weight excluding hydrogens is 272 g/mol. The fourth-order valence-corrected chi connectivity index (χ4v) is 2.93. The Hall–Kier alpha value is -1.06.